The van der Waals surface area contributed by atoms with Crippen LogP contribution in [-0.4, -0.2) is 10.9 Å². The Morgan fingerprint density at radius 3 is 1.92 bits per heavy atom. The minimum Gasteiger partial charge on any atom is -0.322 e. The number of nitrogens with zero attached hydrogens (tertiary/aromatic N) is 1. The Hall–Kier alpha value is -2.94. The molecule has 0 atom stereocenters. The van der Waals surface area contributed by atoms with Crippen LogP contribution < -0.4 is 5.32 Å². The molecule has 1 aromatic heterocycles. The minimum atomic E-state index is -0.107. The molecule has 0 spiro atoms. The van der Waals surface area contributed by atoms with E-state index in [2.05, 4.69) is 43.2 Å². The van der Waals surface area contributed by atoms with E-state index in [0.29, 0.717) is 5.56 Å². The lowest BCUT2D eigenvalue weighted by atomic mass is 9.87. The molecule has 3 rings (SSSR count). The third kappa shape index (κ3) is 4.13. The van der Waals surface area contributed by atoms with Crippen molar-refractivity contribution in [2.45, 2.75) is 26.2 Å². The van der Waals surface area contributed by atoms with E-state index in [-0.39, 0.29) is 11.3 Å². The SMILES string of the molecule is CC(C)(C)c1ccc(NC(=O)c2ccc(-c3ccncc3)cc2)cc1. The zero-order chi connectivity index (χ0) is 17.9. The maximum absolute atomic E-state index is 12.4. The van der Waals surface area contributed by atoms with E-state index in [9.17, 15) is 4.79 Å². The van der Waals surface area contributed by atoms with Gasteiger partial charge in [-0.1, -0.05) is 45.0 Å². The summed E-state index contributed by atoms with van der Waals surface area (Å²) in [6.07, 6.45) is 3.52. The van der Waals surface area contributed by atoms with Gasteiger partial charge in [-0.15, -0.1) is 0 Å². The highest BCUT2D eigenvalue weighted by atomic mass is 16.1. The lowest BCUT2D eigenvalue weighted by Gasteiger charge is -2.19. The molecule has 0 saturated heterocycles. The third-order valence-corrected chi connectivity index (χ3v) is 4.17. The van der Waals surface area contributed by atoms with Crippen LogP contribution in [0.15, 0.2) is 73.1 Å². The summed E-state index contributed by atoms with van der Waals surface area (Å²) in [5, 5.41) is 2.95. The quantitative estimate of drug-likeness (QED) is 0.708. The molecule has 1 heterocycles. The Labute approximate surface area is 148 Å². The topological polar surface area (TPSA) is 42.0 Å². The first kappa shape index (κ1) is 16.9. The molecular weight excluding hydrogens is 308 g/mol. The molecule has 3 nitrogen and oxygen atoms in total. The molecule has 0 unspecified atom stereocenters. The predicted molar refractivity (Wildman–Crippen MR) is 103 cm³/mol. The highest BCUT2D eigenvalue weighted by molar-refractivity contribution is 6.04. The number of anilines is 1. The lowest BCUT2D eigenvalue weighted by molar-refractivity contribution is 0.102. The number of hydrogen-bond donors (Lipinski definition) is 1. The first-order chi connectivity index (χ1) is 11.9. The van der Waals surface area contributed by atoms with Gasteiger partial charge in [0, 0.05) is 23.6 Å². The van der Waals surface area contributed by atoms with Crippen LogP contribution in [0.5, 0.6) is 0 Å². The number of rotatable bonds is 3. The van der Waals surface area contributed by atoms with Gasteiger partial charge >= 0.3 is 0 Å². The normalized spacial score (nSPS) is 11.2. The van der Waals surface area contributed by atoms with E-state index in [1.807, 2.05) is 48.5 Å². The average molecular weight is 330 g/mol. The largest absolute Gasteiger partial charge is 0.322 e. The molecule has 25 heavy (non-hydrogen) atoms. The number of pyridine rings is 1. The Kier molecular flexibility index (Phi) is 4.66. The van der Waals surface area contributed by atoms with Crippen molar-refractivity contribution < 1.29 is 4.79 Å². The van der Waals surface area contributed by atoms with Crippen molar-refractivity contribution in [2.75, 3.05) is 5.32 Å². The van der Waals surface area contributed by atoms with E-state index in [4.69, 9.17) is 0 Å². The summed E-state index contributed by atoms with van der Waals surface area (Å²) in [5.74, 6) is -0.107. The summed E-state index contributed by atoms with van der Waals surface area (Å²) in [6.45, 7) is 6.51. The molecule has 1 N–H and O–H groups in total. The molecule has 0 saturated carbocycles. The van der Waals surface area contributed by atoms with Crippen LogP contribution in [0.4, 0.5) is 5.69 Å². The molecule has 1 amide bonds. The van der Waals surface area contributed by atoms with Crippen molar-refractivity contribution in [1.29, 1.82) is 0 Å². The summed E-state index contributed by atoms with van der Waals surface area (Å²) in [4.78, 5) is 16.4. The Morgan fingerprint density at radius 1 is 0.800 bits per heavy atom. The second-order valence-corrected chi connectivity index (χ2v) is 7.09. The number of amides is 1. The molecule has 0 aliphatic heterocycles. The van der Waals surface area contributed by atoms with Gasteiger partial charge in [0.05, 0.1) is 0 Å². The molecule has 3 heteroatoms. The first-order valence-electron chi connectivity index (χ1n) is 8.36. The van der Waals surface area contributed by atoms with Crippen molar-refractivity contribution in [3.63, 3.8) is 0 Å². The molecule has 126 valence electrons. The summed E-state index contributed by atoms with van der Waals surface area (Å²) in [5.41, 5.74) is 4.93. The zero-order valence-corrected chi connectivity index (χ0v) is 14.8. The maximum atomic E-state index is 12.4. The smallest absolute Gasteiger partial charge is 0.255 e. The third-order valence-electron chi connectivity index (χ3n) is 4.17. The number of carbonyl (C=O) groups excluding carboxylic acids is 1. The number of benzene rings is 2. The minimum absolute atomic E-state index is 0.103. The fourth-order valence-corrected chi connectivity index (χ4v) is 2.62. The van der Waals surface area contributed by atoms with E-state index < -0.39 is 0 Å². The molecular formula is C22H22N2O. The number of aromatic nitrogens is 1. The van der Waals surface area contributed by atoms with Gasteiger partial charge < -0.3 is 5.32 Å². The summed E-state index contributed by atoms with van der Waals surface area (Å²) < 4.78 is 0. The Balaban J connectivity index is 1.71. The standard InChI is InChI=1S/C22H22N2O/c1-22(2,3)19-8-10-20(11-9-19)24-21(25)18-6-4-16(5-7-18)17-12-14-23-15-13-17/h4-15H,1-3H3,(H,24,25). The van der Waals surface area contributed by atoms with Crippen molar-refractivity contribution in [3.8, 4) is 11.1 Å². The van der Waals surface area contributed by atoms with Gasteiger partial charge in [0.1, 0.15) is 0 Å². The highest BCUT2D eigenvalue weighted by Crippen LogP contribution is 2.24. The van der Waals surface area contributed by atoms with Crippen LogP contribution in [0, 0.1) is 0 Å². The summed E-state index contributed by atoms with van der Waals surface area (Å²) >= 11 is 0. The van der Waals surface area contributed by atoms with E-state index in [0.717, 1.165) is 16.8 Å². The van der Waals surface area contributed by atoms with Crippen LogP contribution in [0.3, 0.4) is 0 Å². The van der Waals surface area contributed by atoms with Crippen LogP contribution in [0.2, 0.25) is 0 Å². The van der Waals surface area contributed by atoms with Crippen molar-refractivity contribution >= 4 is 11.6 Å². The first-order valence-corrected chi connectivity index (χ1v) is 8.36. The van der Waals surface area contributed by atoms with Gasteiger partial charge in [0.2, 0.25) is 0 Å². The van der Waals surface area contributed by atoms with E-state index in [1.165, 1.54) is 5.56 Å². The monoisotopic (exact) mass is 330 g/mol. The van der Waals surface area contributed by atoms with Crippen LogP contribution in [0.25, 0.3) is 11.1 Å². The fraction of sp³-hybridized carbons (Fsp3) is 0.182. The molecule has 0 fully saturated rings. The summed E-state index contributed by atoms with van der Waals surface area (Å²) in [7, 11) is 0. The zero-order valence-electron chi connectivity index (χ0n) is 14.8. The number of nitrogens with one attached hydrogen (secondary N) is 1. The van der Waals surface area contributed by atoms with Gasteiger partial charge in [-0.2, -0.15) is 0 Å². The highest BCUT2D eigenvalue weighted by Gasteiger charge is 2.13. The fourth-order valence-electron chi connectivity index (χ4n) is 2.62. The number of carbonyl (C=O) groups is 1. The van der Waals surface area contributed by atoms with Crippen molar-refractivity contribution in [3.05, 3.63) is 84.2 Å². The van der Waals surface area contributed by atoms with Crippen LogP contribution in [-0.2, 0) is 5.41 Å². The van der Waals surface area contributed by atoms with Gasteiger partial charge in [0.25, 0.3) is 5.91 Å². The van der Waals surface area contributed by atoms with Crippen LogP contribution >= 0.6 is 0 Å². The molecule has 3 aromatic rings. The van der Waals surface area contributed by atoms with Gasteiger partial charge in [-0.25, -0.2) is 0 Å². The molecule has 0 bridgehead atoms. The van der Waals surface area contributed by atoms with Gasteiger partial charge in [0.15, 0.2) is 0 Å². The van der Waals surface area contributed by atoms with Gasteiger partial charge in [-0.3, -0.25) is 9.78 Å². The second kappa shape index (κ2) is 6.89. The van der Waals surface area contributed by atoms with E-state index >= 15 is 0 Å². The second-order valence-electron chi connectivity index (χ2n) is 7.09. The van der Waals surface area contributed by atoms with Crippen LogP contribution in [0.1, 0.15) is 36.7 Å². The molecule has 0 aliphatic carbocycles. The van der Waals surface area contributed by atoms with Crippen molar-refractivity contribution in [2.24, 2.45) is 0 Å². The lowest BCUT2D eigenvalue weighted by Crippen LogP contribution is -2.13. The molecule has 0 aliphatic rings. The molecule has 2 aromatic carbocycles. The maximum Gasteiger partial charge on any atom is 0.255 e. The summed E-state index contributed by atoms with van der Waals surface area (Å²) in [6, 6.07) is 19.5. The van der Waals surface area contributed by atoms with Crippen molar-refractivity contribution in [1.82, 2.24) is 4.98 Å². The van der Waals surface area contributed by atoms with E-state index in [1.54, 1.807) is 12.4 Å². The molecule has 0 radical (unpaired) electrons. The van der Waals surface area contributed by atoms with Gasteiger partial charge in [-0.05, 0) is 58.5 Å². The average Bonchev–Trinajstić information content (AvgIpc) is 2.62. The Morgan fingerprint density at radius 2 is 1.36 bits per heavy atom. The number of hydrogen-bond acceptors (Lipinski definition) is 2. The Bertz CT molecular complexity index is 845. The predicted octanol–water partition coefficient (Wildman–Crippen LogP) is 5.30.